The van der Waals surface area contributed by atoms with Gasteiger partial charge in [0.1, 0.15) is 5.82 Å². The van der Waals surface area contributed by atoms with Gasteiger partial charge < -0.3 is 10.5 Å². The van der Waals surface area contributed by atoms with E-state index < -0.39 is 0 Å². The molecule has 1 aromatic rings. The van der Waals surface area contributed by atoms with E-state index in [9.17, 15) is 4.39 Å². The van der Waals surface area contributed by atoms with E-state index in [2.05, 4.69) is 0 Å². The molecule has 0 bridgehead atoms. The van der Waals surface area contributed by atoms with E-state index >= 15 is 0 Å². The number of ether oxygens (including phenoxy) is 1. The summed E-state index contributed by atoms with van der Waals surface area (Å²) in [6, 6.07) is 6.71. The first-order valence-electron chi connectivity index (χ1n) is 6.30. The van der Waals surface area contributed by atoms with E-state index in [-0.39, 0.29) is 11.4 Å². The first-order valence-corrected chi connectivity index (χ1v) is 6.30. The van der Waals surface area contributed by atoms with Gasteiger partial charge in [-0.15, -0.1) is 0 Å². The number of hydrogen-bond donors (Lipinski definition) is 1. The van der Waals surface area contributed by atoms with Crippen LogP contribution in [0.4, 0.5) is 4.39 Å². The lowest BCUT2D eigenvalue weighted by Gasteiger charge is -2.33. The fraction of sp³-hybridized carbons (Fsp3) is 0.571. The molecule has 0 spiro atoms. The Morgan fingerprint density at radius 3 is 2.59 bits per heavy atom. The van der Waals surface area contributed by atoms with Gasteiger partial charge in [0, 0.05) is 11.1 Å². The molecule has 0 aromatic heterocycles. The molecule has 17 heavy (non-hydrogen) atoms. The van der Waals surface area contributed by atoms with Crippen LogP contribution in [0.25, 0.3) is 0 Å². The van der Waals surface area contributed by atoms with Crippen LogP contribution in [0.15, 0.2) is 24.3 Å². The quantitative estimate of drug-likeness (QED) is 0.873. The zero-order chi connectivity index (χ0) is 12.1. The second kappa shape index (κ2) is 5.61. The summed E-state index contributed by atoms with van der Waals surface area (Å²) in [7, 11) is 0. The molecule has 1 aliphatic rings. The van der Waals surface area contributed by atoms with Crippen molar-refractivity contribution in [3.8, 4) is 0 Å². The van der Waals surface area contributed by atoms with Gasteiger partial charge in [-0.1, -0.05) is 37.5 Å². The SMILES string of the molecule is NC1(COCc2ccccc2F)CCCCC1. The summed E-state index contributed by atoms with van der Waals surface area (Å²) >= 11 is 0. The first-order chi connectivity index (χ1) is 8.20. The third-order valence-corrected chi connectivity index (χ3v) is 3.45. The van der Waals surface area contributed by atoms with Gasteiger partial charge in [-0.2, -0.15) is 0 Å². The predicted octanol–water partition coefficient (Wildman–Crippen LogP) is 3.00. The molecule has 94 valence electrons. The molecule has 1 fully saturated rings. The summed E-state index contributed by atoms with van der Waals surface area (Å²) in [5.74, 6) is -0.206. The van der Waals surface area contributed by atoms with Gasteiger partial charge in [-0.25, -0.2) is 4.39 Å². The van der Waals surface area contributed by atoms with Crippen LogP contribution < -0.4 is 5.73 Å². The molecule has 1 saturated carbocycles. The Morgan fingerprint density at radius 2 is 1.88 bits per heavy atom. The zero-order valence-electron chi connectivity index (χ0n) is 10.1. The van der Waals surface area contributed by atoms with Gasteiger partial charge in [-0.3, -0.25) is 0 Å². The van der Waals surface area contributed by atoms with Crippen LogP contribution >= 0.6 is 0 Å². The zero-order valence-corrected chi connectivity index (χ0v) is 10.1. The Labute approximate surface area is 102 Å². The van der Waals surface area contributed by atoms with E-state index in [0.29, 0.717) is 18.8 Å². The third-order valence-electron chi connectivity index (χ3n) is 3.45. The summed E-state index contributed by atoms with van der Waals surface area (Å²) in [6.45, 7) is 0.840. The fourth-order valence-corrected chi connectivity index (χ4v) is 2.38. The van der Waals surface area contributed by atoms with Gasteiger partial charge in [0.15, 0.2) is 0 Å². The van der Waals surface area contributed by atoms with Crippen molar-refractivity contribution in [1.82, 2.24) is 0 Å². The van der Waals surface area contributed by atoms with Crippen molar-refractivity contribution in [2.45, 2.75) is 44.2 Å². The van der Waals surface area contributed by atoms with E-state index in [1.165, 1.54) is 25.3 Å². The van der Waals surface area contributed by atoms with Crippen molar-refractivity contribution in [1.29, 1.82) is 0 Å². The summed E-state index contributed by atoms with van der Waals surface area (Å²) in [5.41, 5.74) is 6.66. The van der Waals surface area contributed by atoms with Crippen LogP contribution in [0.2, 0.25) is 0 Å². The van der Waals surface area contributed by atoms with Crippen molar-refractivity contribution in [2.75, 3.05) is 6.61 Å². The van der Waals surface area contributed by atoms with Crippen LogP contribution in [-0.4, -0.2) is 12.1 Å². The third kappa shape index (κ3) is 3.51. The summed E-state index contributed by atoms with van der Waals surface area (Å²) < 4.78 is 18.9. The smallest absolute Gasteiger partial charge is 0.128 e. The summed E-state index contributed by atoms with van der Waals surface area (Å²) in [5, 5.41) is 0. The molecule has 2 nitrogen and oxygen atoms in total. The van der Waals surface area contributed by atoms with Crippen molar-refractivity contribution in [2.24, 2.45) is 5.73 Å². The second-order valence-corrected chi connectivity index (χ2v) is 5.01. The molecular formula is C14H20FNO. The number of halogens is 1. The van der Waals surface area contributed by atoms with Crippen LogP contribution in [0.1, 0.15) is 37.7 Å². The van der Waals surface area contributed by atoms with Crippen LogP contribution in [-0.2, 0) is 11.3 Å². The van der Waals surface area contributed by atoms with Gasteiger partial charge in [0.25, 0.3) is 0 Å². The molecule has 3 heteroatoms. The highest BCUT2D eigenvalue weighted by Crippen LogP contribution is 2.26. The van der Waals surface area contributed by atoms with Gasteiger partial charge in [0.2, 0.25) is 0 Å². The molecule has 2 rings (SSSR count). The van der Waals surface area contributed by atoms with Crippen molar-refractivity contribution >= 4 is 0 Å². The molecule has 0 unspecified atom stereocenters. The molecule has 1 aromatic carbocycles. The van der Waals surface area contributed by atoms with Crippen molar-refractivity contribution in [3.63, 3.8) is 0 Å². The maximum atomic E-state index is 13.3. The minimum absolute atomic E-state index is 0.191. The normalized spacial score (nSPS) is 19.2. The Kier molecular flexibility index (Phi) is 4.13. The highest BCUT2D eigenvalue weighted by atomic mass is 19.1. The highest BCUT2D eigenvalue weighted by molar-refractivity contribution is 5.16. The Morgan fingerprint density at radius 1 is 1.18 bits per heavy atom. The molecule has 0 aliphatic heterocycles. The number of nitrogens with two attached hydrogens (primary N) is 1. The van der Waals surface area contributed by atoms with Gasteiger partial charge >= 0.3 is 0 Å². The Balaban J connectivity index is 1.81. The van der Waals surface area contributed by atoms with Crippen LogP contribution in [0, 0.1) is 5.82 Å². The van der Waals surface area contributed by atoms with Crippen LogP contribution in [0.5, 0.6) is 0 Å². The lowest BCUT2D eigenvalue weighted by Crippen LogP contribution is -2.46. The average Bonchev–Trinajstić information content (AvgIpc) is 2.32. The van der Waals surface area contributed by atoms with Crippen LogP contribution in [0.3, 0.4) is 0 Å². The minimum Gasteiger partial charge on any atom is -0.375 e. The molecule has 0 amide bonds. The number of hydrogen-bond acceptors (Lipinski definition) is 2. The standard InChI is InChI=1S/C14H20FNO/c15-13-7-3-2-6-12(13)10-17-11-14(16)8-4-1-5-9-14/h2-3,6-7H,1,4-5,8-11,16H2. The van der Waals surface area contributed by atoms with E-state index in [1.807, 2.05) is 6.07 Å². The molecule has 0 radical (unpaired) electrons. The molecular weight excluding hydrogens is 217 g/mol. The lowest BCUT2D eigenvalue weighted by atomic mass is 9.83. The van der Waals surface area contributed by atoms with E-state index in [4.69, 9.17) is 10.5 Å². The Bertz CT molecular complexity index is 361. The maximum Gasteiger partial charge on any atom is 0.128 e. The molecule has 2 N–H and O–H groups in total. The fourth-order valence-electron chi connectivity index (χ4n) is 2.38. The van der Waals surface area contributed by atoms with E-state index in [0.717, 1.165) is 12.8 Å². The largest absolute Gasteiger partial charge is 0.375 e. The van der Waals surface area contributed by atoms with Crippen molar-refractivity contribution < 1.29 is 9.13 Å². The van der Waals surface area contributed by atoms with Crippen molar-refractivity contribution in [3.05, 3.63) is 35.6 Å². The van der Waals surface area contributed by atoms with Gasteiger partial charge in [-0.05, 0) is 18.9 Å². The monoisotopic (exact) mass is 237 g/mol. The highest BCUT2D eigenvalue weighted by Gasteiger charge is 2.27. The summed E-state index contributed by atoms with van der Waals surface area (Å²) in [4.78, 5) is 0. The molecule has 1 aliphatic carbocycles. The minimum atomic E-state index is -0.206. The topological polar surface area (TPSA) is 35.2 Å². The van der Waals surface area contributed by atoms with E-state index in [1.54, 1.807) is 12.1 Å². The predicted molar refractivity (Wildman–Crippen MR) is 66.1 cm³/mol. The molecule has 0 heterocycles. The maximum absolute atomic E-state index is 13.3. The lowest BCUT2D eigenvalue weighted by molar-refractivity contribution is 0.0560. The number of rotatable bonds is 4. The van der Waals surface area contributed by atoms with Gasteiger partial charge in [0.05, 0.1) is 13.2 Å². The summed E-state index contributed by atoms with van der Waals surface area (Å²) in [6.07, 6.45) is 5.67. The second-order valence-electron chi connectivity index (χ2n) is 5.01. The molecule has 0 atom stereocenters. The average molecular weight is 237 g/mol. The molecule has 0 saturated heterocycles. The number of benzene rings is 1. The Hall–Kier alpha value is -0.930. The first kappa shape index (κ1) is 12.5.